The Kier molecular flexibility index (Phi) is 2.24. The minimum atomic E-state index is -1.66. The minimum Gasteiger partial charge on any atom is -0.243 e. The second-order valence-corrected chi connectivity index (χ2v) is 12.9. The number of rotatable bonds is 0. The molecule has 0 aliphatic carbocycles. The molecule has 0 saturated carbocycles. The first-order valence-corrected chi connectivity index (χ1v) is 8.67. The zero-order valence-corrected chi connectivity index (χ0v) is 9.67. The molecule has 0 aliphatic heterocycles. The lowest BCUT2D eigenvalue weighted by Crippen LogP contribution is -2.06. The maximum absolute atomic E-state index is 4.12. The zero-order chi connectivity index (χ0) is 9.27. The predicted octanol–water partition coefficient (Wildman–Crippen LogP) is 2.04. The number of hydrogen-bond donors (Lipinski definition) is 1. The molecule has 12 heavy (non-hydrogen) atoms. The Bertz CT molecular complexity index is 310. The van der Waals surface area contributed by atoms with Crippen molar-refractivity contribution in [3.05, 3.63) is 16.6 Å². The van der Waals surface area contributed by atoms with Gasteiger partial charge in [-0.25, -0.2) is 14.1 Å². The van der Waals surface area contributed by atoms with E-state index in [1.54, 1.807) is 17.5 Å². The molecular weight excluding hydrogens is 186 g/mol. The maximum Gasteiger partial charge on any atom is 0.167 e. The van der Waals surface area contributed by atoms with Gasteiger partial charge in [0.15, 0.2) is 5.01 Å². The van der Waals surface area contributed by atoms with E-state index >= 15 is 0 Å². The molecule has 0 N–H and O–H groups in total. The number of hydrogen-bond acceptors (Lipinski definition) is 2. The van der Waals surface area contributed by atoms with E-state index in [-0.39, 0.29) is 0 Å². The van der Waals surface area contributed by atoms with Crippen molar-refractivity contribution < 1.29 is 0 Å². The largest absolute Gasteiger partial charge is 0.243 e. The molecule has 3 heteroatoms. The molecule has 1 aromatic heterocycles. The van der Waals surface area contributed by atoms with E-state index in [1.165, 1.54) is 0 Å². The van der Waals surface area contributed by atoms with Crippen molar-refractivity contribution in [1.29, 1.82) is 0 Å². The van der Waals surface area contributed by atoms with Crippen LogP contribution in [0.2, 0.25) is 0 Å². The average molecular weight is 201 g/mol. The summed E-state index contributed by atoms with van der Waals surface area (Å²) < 4.78 is 0. The first-order chi connectivity index (χ1) is 5.33. The van der Waals surface area contributed by atoms with Gasteiger partial charge < -0.3 is 0 Å². The second kappa shape index (κ2) is 2.79. The van der Waals surface area contributed by atoms with Crippen LogP contribution in [0.25, 0.3) is 0 Å². The molecular formula is C9H15NS2. The van der Waals surface area contributed by atoms with Gasteiger partial charge >= 0.3 is 0 Å². The summed E-state index contributed by atoms with van der Waals surface area (Å²) in [7, 11) is -1.66. The zero-order valence-electron chi connectivity index (χ0n) is 7.96. The van der Waals surface area contributed by atoms with Gasteiger partial charge in [0.25, 0.3) is 0 Å². The number of aromatic nitrogens is 1. The topological polar surface area (TPSA) is 12.9 Å². The van der Waals surface area contributed by atoms with Crippen LogP contribution < -0.4 is 0 Å². The summed E-state index contributed by atoms with van der Waals surface area (Å²) in [5, 5.41) is 6.21. The molecule has 1 rings (SSSR count). The highest BCUT2D eigenvalue weighted by Gasteiger charge is 2.13. The van der Waals surface area contributed by atoms with Gasteiger partial charge in [0.05, 0.1) is 0 Å². The summed E-state index contributed by atoms with van der Waals surface area (Å²) in [6.07, 6.45) is 10.8. The maximum atomic E-state index is 4.12. The van der Waals surface area contributed by atoms with Crippen LogP contribution in [-0.4, -0.2) is 30.0 Å². The Morgan fingerprint density at radius 2 is 2.00 bits per heavy atom. The van der Waals surface area contributed by atoms with Crippen LogP contribution in [-0.2, 0) is 0 Å². The van der Waals surface area contributed by atoms with Crippen LogP contribution >= 0.6 is 20.5 Å². The smallest absolute Gasteiger partial charge is 0.167 e. The van der Waals surface area contributed by atoms with E-state index < -0.39 is 9.16 Å². The highest BCUT2D eigenvalue weighted by molar-refractivity contribution is 8.51. The lowest BCUT2D eigenvalue weighted by molar-refractivity contribution is 1.39. The van der Waals surface area contributed by atoms with E-state index in [9.17, 15) is 0 Å². The van der Waals surface area contributed by atoms with Crippen molar-refractivity contribution in [3.63, 3.8) is 0 Å². The predicted molar refractivity (Wildman–Crippen MR) is 61.7 cm³/mol. The quantitative estimate of drug-likeness (QED) is 0.501. The van der Waals surface area contributed by atoms with Crippen molar-refractivity contribution in [2.45, 2.75) is 0 Å². The molecule has 1 nitrogen and oxygen atoms in total. The normalized spacial score (nSPS) is 14.2. The third kappa shape index (κ3) is 3.80. The highest BCUT2D eigenvalue weighted by atomic mass is 32.3. The molecule has 1 heterocycles. The summed E-state index contributed by atoms with van der Waals surface area (Å²) in [6.45, 7) is 0. The van der Waals surface area contributed by atoms with Crippen LogP contribution in [0.15, 0.2) is 11.6 Å². The molecule has 0 bridgehead atoms. The number of thiol groups is 1. The van der Waals surface area contributed by atoms with Crippen molar-refractivity contribution in [3.8, 4) is 11.2 Å². The van der Waals surface area contributed by atoms with Gasteiger partial charge in [0, 0.05) is 11.6 Å². The summed E-state index contributed by atoms with van der Waals surface area (Å²) in [6, 6.07) is 0. The van der Waals surface area contributed by atoms with Crippen molar-refractivity contribution >= 4 is 20.5 Å². The van der Waals surface area contributed by atoms with E-state index in [2.05, 4.69) is 41.2 Å². The molecule has 0 aliphatic rings. The lowest BCUT2D eigenvalue weighted by atomic mass is 10.7. The Hall–Kier alpha value is -0.460. The van der Waals surface area contributed by atoms with Crippen LogP contribution in [0, 0.1) is 11.2 Å². The first-order valence-electron chi connectivity index (χ1n) is 3.77. The van der Waals surface area contributed by atoms with E-state index in [1.807, 2.05) is 5.38 Å². The molecule has 0 unspecified atom stereocenters. The van der Waals surface area contributed by atoms with Gasteiger partial charge in [-0.3, -0.25) is 0 Å². The fourth-order valence-corrected chi connectivity index (χ4v) is 1.67. The summed E-state index contributed by atoms with van der Waals surface area (Å²) >= 11 is 1.60. The van der Waals surface area contributed by atoms with Gasteiger partial charge in [-0.05, 0) is 30.9 Å². The molecule has 0 saturated heterocycles. The van der Waals surface area contributed by atoms with Gasteiger partial charge in [0.1, 0.15) is 0 Å². The van der Waals surface area contributed by atoms with Crippen LogP contribution in [0.5, 0.6) is 0 Å². The molecule has 1 aromatic rings. The minimum absolute atomic E-state index is 0.927. The molecule has 0 spiro atoms. The van der Waals surface area contributed by atoms with E-state index in [4.69, 9.17) is 0 Å². The Morgan fingerprint density at radius 1 is 1.33 bits per heavy atom. The van der Waals surface area contributed by atoms with Crippen LogP contribution in [0.3, 0.4) is 0 Å². The molecule has 0 atom stereocenters. The highest BCUT2D eigenvalue weighted by Crippen LogP contribution is 2.54. The molecule has 0 radical (unpaired) electrons. The first kappa shape index (κ1) is 9.63. The van der Waals surface area contributed by atoms with E-state index in [0.717, 1.165) is 5.01 Å². The summed E-state index contributed by atoms with van der Waals surface area (Å²) in [5.41, 5.74) is 0. The number of nitrogens with zero attached hydrogens (tertiary/aromatic N) is 1. The van der Waals surface area contributed by atoms with Crippen LogP contribution in [0.4, 0.5) is 0 Å². The lowest BCUT2D eigenvalue weighted by Gasteiger charge is -2.40. The molecule has 0 amide bonds. The van der Waals surface area contributed by atoms with Crippen LogP contribution in [0.1, 0.15) is 5.01 Å². The summed E-state index contributed by atoms with van der Waals surface area (Å²) in [5.74, 6) is 3.12. The monoisotopic (exact) mass is 201 g/mol. The third-order valence-corrected chi connectivity index (χ3v) is 2.74. The van der Waals surface area contributed by atoms with Gasteiger partial charge in [-0.15, -0.1) is 11.3 Å². The average Bonchev–Trinajstić information content (AvgIpc) is 2.30. The van der Waals surface area contributed by atoms with Crippen molar-refractivity contribution in [2.75, 3.05) is 25.0 Å². The second-order valence-electron chi connectivity index (χ2n) is 4.65. The fourth-order valence-electron chi connectivity index (χ4n) is 0.557. The Morgan fingerprint density at radius 3 is 2.42 bits per heavy atom. The van der Waals surface area contributed by atoms with E-state index in [0.29, 0.717) is 0 Å². The fraction of sp³-hybridized carbons (Fsp3) is 0.444. The van der Waals surface area contributed by atoms with Crippen molar-refractivity contribution in [1.82, 2.24) is 4.98 Å². The Balaban J connectivity index is 2.88. The SMILES string of the molecule is C[SH](C)(C)(C)C#Cc1nccs1. The van der Waals surface area contributed by atoms with Crippen molar-refractivity contribution in [2.24, 2.45) is 0 Å². The Labute approximate surface area is 78.5 Å². The van der Waals surface area contributed by atoms with Gasteiger partial charge in [-0.2, -0.15) is 0 Å². The summed E-state index contributed by atoms with van der Waals surface area (Å²) in [4.78, 5) is 4.12. The molecule has 68 valence electrons. The standard InChI is InChI=1S/C9H15NS2/c1-12(2,3,4)8-5-9-10-6-7-11-9/h6-7,12H,1-4H3. The van der Waals surface area contributed by atoms with Gasteiger partial charge in [-0.1, -0.05) is 5.25 Å². The third-order valence-electron chi connectivity index (χ3n) is 1.04. The molecule has 0 fully saturated rings. The number of thiazole rings is 1. The molecule has 0 aromatic carbocycles. The van der Waals surface area contributed by atoms with Gasteiger partial charge in [0.2, 0.25) is 0 Å².